The molecule has 0 heterocycles. The van der Waals surface area contributed by atoms with Gasteiger partial charge >= 0.3 is 0 Å². The van der Waals surface area contributed by atoms with E-state index in [0.717, 1.165) is 24.2 Å². The monoisotopic (exact) mass is 290 g/mol. The third-order valence-electron chi connectivity index (χ3n) is 3.93. The molecule has 1 aliphatic carbocycles. The van der Waals surface area contributed by atoms with E-state index in [1.165, 1.54) is 0 Å². The molecule has 0 aliphatic heterocycles. The van der Waals surface area contributed by atoms with Crippen LogP contribution in [-0.4, -0.2) is 19.1 Å². The lowest BCUT2D eigenvalue weighted by atomic mass is 10.00. The van der Waals surface area contributed by atoms with Crippen LogP contribution in [-0.2, 0) is 4.79 Å². The summed E-state index contributed by atoms with van der Waals surface area (Å²) in [7, 11) is 1.65. The van der Waals surface area contributed by atoms with E-state index >= 15 is 0 Å². The lowest BCUT2D eigenvalue weighted by molar-refractivity contribution is -0.123. The van der Waals surface area contributed by atoms with Crippen molar-refractivity contribution < 1.29 is 9.53 Å². The Hall–Kier alpha value is -1.55. The Morgan fingerprint density at radius 3 is 2.43 bits per heavy atom. The minimum atomic E-state index is -0.426. The van der Waals surface area contributed by atoms with Gasteiger partial charge in [-0.25, -0.2) is 0 Å². The largest absolute Gasteiger partial charge is 0.497 e. The summed E-state index contributed by atoms with van der Waals surface area (Å²) in [5.41, 5.74) is 7.11. The zero-order chi connectivity index (χ0) is 15.4. The number of hydrogen-bond acceptors (Lipinski definition) is 3. The number of methoxy groups -OCH3 is 1. The van der Waals surface area contributed by atoms with Gasteiger partial charge in [0.2, 0.25) is 5.91 Å². The number of hydrogen-bond donors (Lipinski definition) is 2. The van der Waals surface area contributed by atoms with Crippen LogP contribution in [0.4, 0.5) is 0 Å². The lowest BCUT2D eigenvalue weighted by Gasteiger charge is -2.22. The molecule has 1 saturated carbocycles. The Bertz CT molecular complexity index is 466. The van der Waals surface area contributed by atoms with Gasteiger partial charge in [-0.2, -0.15) is 0 Å². The summed E-state index contributed by atoms with van der Waals surface area (Å²) < 4.78 is 5.18. The maximum absolute atomic E-state index is 12.3. The highest BCUT2D eigenvalue weighted by Gasteiger charge is 2.34. The van der Waals surface area contributed by atoms with Gasteiger partial charge in [0.05, 0.1) is 19.2 Å². The molecule has 2 rings (SSSR count). The molecule has 1 aromatic rings. The fourth-order valence-electron chi connectivity index (χ4n) is 2.59. The van der Waals surface area contributed by atoms with Crippen LogP contribution in [0, 0.1) is 11.8 Å². The number of benzene rings is 1. The number of carbonyl (C=O) groups is 1. The average molecular weight is 290 g/mol. The van der Waals surface area contributed by atoms with Crippen molar-refractivity contribution in [3.05, 3.63) is 29.8 Å². The zero-order valence-electron chi connectivity index (χ0n) is 13.1. The molecule has 3 N–H and O–H groups in total. The van der Waals surface area contributed by atoms with Crippen LogP contribution in [0.2, 0.25) is 0 Å². The van der Waals surface area contributed by atoms with E-state index in [4.69, 9.17) is 10.5 Å². The third kappa shape index (κ3) is 4.46. The fourth-order valence-corrected chi connectivity index (χ4v) is 2.59. The van der Waals surface area contributed by atoms with E-state index in [1.807, 2.05) is 24.3 Å². The first kappa shape index (κ1) is 15.8. The van der Waals surface area contributed by atoms with Crippen LogP contribution in [0.15, 0.2) is 24.3 Å². The minimum absolute atomic E-state index is 0.0450. The van der Waals surface area contributed by atoms with E-state index < -0.39 is 6.04 Å². The van der Waals surface area contributed by atoms with E-state index in [9.17, 15) is 4.79 Å². The third-order valence-corrected chi connectivity index (χ3v) is 3.93. The van der Waals surface area contributed by atoms with Crippen molar-refractivity contribution in [1.29, 1.82) is 0 Å². The van der Waals surface area contributed by atoms with E-state index in [0.29, 0.717) is 18.3 Å². The molecular weight excluding hydrogens is 264 g/mol. The number of ether oxygens (including phenoxy) is 1. The van der Waals surface area contributed by atoms with Gasteiger partial charge in [-0.1, -0.05) is 26.0 Å². The second-order valence-corrected chi connectivity index (χ2v) is 6.33. The highest BCUT2D eigenvalue weighted by molar-refractivity contribution is 5.82. The SMILES string of the molecule is COc1ccc(C(NC(=O)C(N)CC(C)C)C2CC2)cc1. The Labute approximate surface area is 127 Å². The molecule has 1 aliphatic rings. The quantitative estimate of drug-likeness (QED) is 0.811. The minimum Gasteiger partial charge on any atom is -0.497 e. The summed E-state index contributed by atoms with van der Waals surface area (Å²) >= 11 is 0. The molecule has 2 unspecified atom stereocenters. The average Bonchev–Trinajstić information content (AvgIpc) is 3.28. The maximum atomic E-state index is 12.3. The molecule has 1 fully saturated rings. The van der Waals surface area contributed by atoms with Gasteiger partial charge in [-0.15, -0.1) is 0 Å². The molecule has 116 valence electrons. The number of carbonyl (C=O) groups excluding carboxylic acids is 1. The molecule has 1 amide bonds. The number of nitrogens with two attached hydrogens (primary N) is 1. The van der Waals surface area contributed by atoms with E-state index in [1.54, 1.807) is 7.11 Å². The molecule has 21 heavy (non-hydrogen) atoms. The molecule has 0 saturated heterocycles. The van der Waals surface area contributed by atoms with Gasteiger partial charge in [-0.05, 0) is 48.8 Å². The van der Waals surface area contributed by atoms with Crippen molar-refractivity contribution >= 4 is 5.91 Å². The summed E-state index contributed by atoms with van der Waals surface area (Å²) in [6.07, 6.45) is 3.04. The van der Waals surface area contributed by atoms with Crippen molar-refractivity contribution in [2.24, 2.45) is 17.6 Å². The standard InChI is InChI=1S/C17H26N2O2/c1-11(2)10-15(18)17(20)19-16(12-4-5-12)13-6-8-14(21-3)9-7-13/h6-9,11-12,15-16H,4-5,10,18H2,1-3H3,(H,19,20). The molecule has 4 nitrogen and oxygen atoms in total. The Morgan fingerprint density at radius 1 is 1.33 bits per heavy atom. The topological polar surface area (TPSA) is 64.3 Å². The summed E-state index contributed by atoms with van der Waals surface area (Å²) in [4.78, 5) is 12.3. The smallest absolute Gasteiger partial charge is 0.237 e. The van der Waals surface area contributed by atoms with Gasteiger partial charge in [0, 0.05) is 0 Å². The predicted octanol–water partition coefficient (Wildman–Crippen LogP) is 2.64. The molecule has 1 aromatic carbocycles. The van der Waals surface area contributed by atoms with Crippen molar-refractivity contribution in [3.63, 3.8) is 0 Å². The van der Waals surface area contributed by atoms with Gasteiger partial charge in [-0.3, -0.25) is 4.79 Å². The summed E-state index contributed by atoms with van der Waals surface area (Å²) in [5.74, 6) is 1.74. The molecule has 0 aromatic heterocycles. The van der Waals surface area contributed by atoms with Crippen LogP contribution < -0.4 is 15.8 Å². The van der Waals surface area contributed by atoms with Crippen molar-refractivity contribution in [2.75, 3.05) is 7.11 Å². The number of rotatable bonds is 7. The summed E-state index contributed by atoms with van der Waals surface area (Å²) in [6, 6.07) is 7.56. The second kappa shape index (κ2) is 6.94. The molecule has 4 heteroatoms. The second-order valence-electron chi connectivity index (χ2n) is 6.33. The van der Waals surface area contributed by atoms with Gasteiger partial charge in [0.15, 0.2) is 0 Å². The highest BCUT2D eigenvalue weighted by atomic mass is 16.5. The summed E-state index contributed by atoms with van der Waals surface area (Å²) in [6.45, 7) is 4.16. The first-order valence-corrected chi connectivity index (χ1v) is 7.71. The van der Waals surface area contributed by atoms with Gasteiger partial charge in [0.1, 0.15) is 5.75 Å². The molecule has 0 radical (unpaired) electrons. The van der Waals surface area contributed by atoms with Crippen LogP contribution >= 0.6 is 0 Å². The molecule has 0 spiro atoms. The van der Waals surface area contributed by atoms with E-state index in [-0.39, 0.29) is 11.9 Å². The summed E-state index contributed by atoms with van der Waals surface area (Å²) in [5, 5.41) is 3.13. The number of nitrogens with one attached hydrogen (secondary N) is 1. The van der Waals surface area contributed by atoms with Crippen molar-refractivity contribution in [1.82, 2.24) is 5.32 Å². The van der Waals surface area contributed by atoms with Gasteiger partial charge in [0.25, 0.3) is 0 Å². The fraction of sp³-hybridized carbons (Fsp3) is 0.588. The Balaban J connectivity index is 2.03. The van der Waals surface area contributed by atoms with Gasteiger partial charge < -0.3 is 15.8 Å². The predicted molar refractivity (Wildman–Crippen MR) is 84.0 cm³/mol. The van der Waals surface area contributed by atoms with Crippen LogP contribution in [0.25, 0.3) is 0 Å². The maximum Gasteiger partial charge on any atom is 0.237 e. The van der Waals surface area contributed by atoms with Crippen LogP contribution in [0.1, 0.15) is 44.7 Å². The molecule has 2 atom stereocenters. The van der Waals surface area contributed by atoms with Crippen molar-refractivity contribution in [3.8, 4) is 5.75 Å². The highest BCUT2D eigenvalue weighted by Crippen LogP contribution is 2.41. The first-order chi connectivity index (χ1) is 10.0. The Kier molecular flexibility index (Phi) is 5.23. The Morgan fingerprint density at radius 2 is 1.95 bits per heavy atom. The lowest BCUT2D eigenvalue weighted by Crippen LogP contribution is -2.43. The molecule has 0 bridgehead atoms. The van der Waals surface area contributed by atoms with Crippen molar-refractivity contribution in [2.45, 2.75) is 45.2 Å². The van der Waals surface area contributed by atoms with Crippen LogP contribution in [0.3, 0.4) is 0 Å². The zero-order valence-corrected chi connectivity index (χ0v) is 13.1. The number of amides is 1. The first-order valence-electron chi connectivity index (χ1n) is 7.71. The normalized spacial score (nSPS) is 17.4. The van der Waals surface area contributed by atoms with Crippen LogP contribution in [0.5, 0.6) is 5.75 Å². The molecular formula is C17H26N2O2. The van der Waals surface area contributed by atoms with E-state index in [2.05, 4.69) is 19.2 Å².